The molecule has 15 heteroatoms. The van der Waals surface area contributed by atoms with Crippen LogP contribution in [0, 0.1) is 18.6 Å². The number of hydrogen-bond acceptors (Lipinski definition) is 7. The van der Waals surface area contributed by atoms with Crippen molar-refractivity contribution in [3.63, 3.8) is 0 Å². The molecule has 47 heavy (non-hydrogen) atoms. The number of aryl methyl sites for hydroxylation is 1. The number of nitrogens with zero attached hydrogens (tertiary/aromatic N) is 5. The third-order valence-corrected chi connectivity index (χ3v) is 10.7. The van der Waals surface area contributed by atoms with E-state index in [9.17, 15) is 31.2 Å². The Bertz CT molecular complexity index is 2130. The Kier molecular flexibility index (Phi) is 7.93. The van der Waals surface area contributed by atoms with Crippen LogP contribution in [0.4, 0.5) is 27.8 Å². The van der Waals surface area contributed by atoms with Gasteiger partial charge in [-0.2, -0.15) is 18.2 Å². The number of hydrogen-bond donors (Lipinski definition) is 0. The molecule has 246 valence electrons. The molecular weight excluding hydrogens is 645 g/mol. The zero-order valence-corrected chi connectivity index (χ0v) is 26.0. The molecule has 1 aliphatic heterocycles. The van der Waals surface area contributed by atoms with Gasteiger partial charge in [-0.15, -0.1) is 0 Å². The first-order chi connectivity index (χ1) is 22.1. The molecule has 3 heterocycles. The van der Waals surface area contributed by atoms with Gasteiger partial charge in [0.05, 0.1) is 32.3 Å². The first kappa shape index (κ1) is 32.3. The third kappa shape index (κ3) is 5.55. The predicted molar refractivity (Wildman–Crippen MR) is 164 cm³/mol. The van der Waals surface area contributed by atoms with Gasteiger partial charge in [0.1, 0.15) is 17.3 Å². The molecule has 2 aliphatic rings. The molecule has 1 atom stereocenters. The van der Waals surface area contributed by atoms with Crippen LogP contribution >= 0.6 is 0 Å². The van der Waals surface area contributed by atoms with E-state index in [-0.39, 0.29) is 47.3 Å². The van der Waals surface area contributed by atoms with E-state index in [1.54, 1.807) is 11.8 Å². The van der Waals surface area contributed by atoms with Crippen molar-refractivity contribution >= 4 is 32.6 Å². The largest absolute Gasteiger partial charge is 0.417 e. The van der Waals surface area contributed by atoms with E-state index >= 15 is 8.78 Å². The Morgan fingerprint density at radius 1 is 1.04 bits per heavy atom. The summed E-state index contributed by atoms with van der Waals surface area (Å²) in [5.74, 6) is -3.14. The highest BCUT2D eigenvalue weighted by Crippen LogP contribution is 2.41. The monoisotopic (exact) mass is 673 g/mol. The van der Waals surface area contributed by atoms with Crippen molar-refractivity contribution in [2.45, 2.75) is 49.1 Å². The highest BCUT2D eigenvalue weighted by atomic mass is 32.2. The molecule has 1 aliphatic carbocycles. The van der Waals surface area contributed by atoms with E-state index in [1.807, 2.05) is 0 Å². The van der Waals surface area contributed by atoms with Crippen molar-refractivity contribution in [1.29, 1.82) is 0 Å². The van der Waals surface area contributed by atoms with Crippen molar-refractivity contribution in [3.8, 4) is 16.9 Å². The second-order valence-electron chi connectivity index (χ2n) is 11.6. The van der Waals surface area contributed by atoms with Crippen molar-refractivity contribution in [2.24, 2.45) is 0 Å². The number of alkyl halides is 3. The van der Waals surface area contributed by atoms with E-state index in [0.717, 1.165) is 28.8 Å². The van der Waals surface area contributed by atoms with Crippen molar-refractivity contribution in [3.05, 3.63) is 88.4 Å². The second-order valence-corrected chi connectivity index (χ2v) is 13.8. The van der Waals surface area contributed by atoms with Crippen LogP contribution in [0.1, 0.15) is 30.9 Å². The summed E-state index contributed by atoms with van der Waals surface area (Å²) in [4.78, 5) is 37.6. The summed E-state index contributed by atoms with van der Waals surface area (Å²) in [6, 6.07) is 6.83. The Balaban J connectivity index is 1.69. The number of carbonyl (C=O) groups excluding carboxylic acids is 1. The molecule has 1 saturated carbocycles. The van der Waals surface area contributed by atoms with E-state index < -0.39 is 67.1 Å². The van der Waals surface area contributed by atoms with Crippen molar-refractivity contribution in [1.82, 2.24) is 19.4 Å². The van der Waals surface area contributed by atoms with E-state index in [1.165, 1.54) is 30.0 Å². The molecule has 0 unspecified atom stereocenters. The lowest BCUT2D eigenvalue weighted by Crippen LogP contribution is -2.54. The van der Waals surface area contributed by atoms with Gasteiger partial charge < -0.3 is 9.80 Å². The van der Waals surface area contributed by atoms with Crippen LogP contribution in [0.3, 0.4) is 0 Å². The highest BCUT2D eigenvalue weighted by molar-refractivity contribution is 7.92. The molecule has 0 spiro atoms. The van der Waals surface area contributed by atoms with E-state index in [0.29, 0.717) is 24.5 Å². The van der Waals surface area contributed by atoms with Crippen LogP contribution in [-0.4, -0.2) is 64.7 Å². The number of piperazine rings is 1. The number of fused-ring (bicyclic) bond motifs is 1. The first-order valence-corrected chi connectivity index (χ1v) is 16.2. The molecule has 1 saturated heterocycles. The summed E-state index contributed by atoms with van der Waals surface area (Å²) in [5, 5.41) is -0.828. The lowest BCUT2D eigenvalue weighted by Gasteiger charge is -2.40. The Hall–Kier alpha value is -4.66. The number of aromatic nitrogens is 3. The first-order valence-electron chi connectivity index (χ1n) is 14.7. The fourth-order valence-corrected chi connectivity index (χ4v) is 7.92. The van der Waals surface area contributed by atoms with Crippen molar-refractivity contribution in [2.75, 3.05) is 24.5 Å². The smallest absolute Gasteiger partial charge is 0.350 e. The van der Waals surface area contributed by atoms with Gasteiger partial charge in [-0.1, -0.05) is 24.8 Å². The van der Waals surface area contributed by atoms with E-state index in [4.69, 9.17) is 0 Å². The topological polar surface area (TPSA) is 105 Å². The molecule has 9 nitrogen and oxygen atoms in total. The summed E-state index contributed by atoms with van der Waals surface area (Å²) in [6.45, 7) is 7.25. The number of rotatable bonds is 6. The minimum atomic E-state index is -5.09. The zero-order valence-electron chi connectivity index (χ0n) is 25.2. The fourth-order valence-electron chi connectivity index (χ4n) is 6.01. The van der Waals surface area contributed by atoms with Gasteiger partial charge >= 0.3 is 11.9 Å². The molecule has 2 aromatic carbocycles. The number of anilines is 1. The van der Waals surface area contributed by atoms with Gasteiger partial charge in [-0.25, -0.2) is 31.5 Å². The quantitative estimate of drug-likeness (QED) is 0.204. The number of sulfone groups is 1. The molecule has 4 aromatic rings. The number of pyridine rings is 1. The summed E-state index contributed by atoms with van der Waals surface area (Å²) >= 11 is 0. The third-order valence-electron chi connectivity index (χ3n) is 8.44. The standard InChI is InChI=1S/C32H28F5N5O4S/c1-4-25(43)40-13-14-41(18(3)16-40)29-20-15-23(34)27(26-21(32(35,36)37)8-6-9-22(26)33)38-30(20)42(31(44)39-29)28-17(2)7-5-10-24(28)47(45,46)19-11-12-19/h4-10,15,18-19H,1,11-14,16H2,2-3H3/t18-/m0/s1. The van der Waals surface area contributed by atoms with Gasteiger partial charge in [-0.05, 0) is 62.6 Å². The molecule has 0 N–H and O–H groups in total. The fraction of sp³-hybridized carbons (Fsp3) is 0.312. The number of halogens is 5. The van der Waals surface area contributed by atoms with Gasteiger partial charge in [0.25, 0.3) is 0 Å². The average molecular weight is 674 g/mol. The van der Waals surface area contributed by atoms with Crippen LogP contribution < -0.4 is 10.6 Å². The number of benzene rings is 2. The Labute approximate surface area is 265 Å². The van der Waals surface area contributed by atoms with Gasteiger partial charge in [-0.3, -0.25) is 4.79 Å². The number of para-hydroxylation sites is 1. The van der Waals surface area contributed by atoms with Crippen molar-refractivity contribution < 1.29 is 35.2 Å². The summed E-state index contributed by atoms with van der Waals surface area (Å²) in [5.41, 5.74) is -5.00. The zero-order chi connectivity index (χ0) is 34.0. The SMILES string of the molecule is C=CC(=O)N1CCN(c2nc(=O)n(-c3c(C)cccc3S(=O)(=O)C3CC3)c3nc(-c4c(F)cccc4C(F)(F)F)c(F)cc23)[C@@H](C)C1. The molecule has 2 aromatic heterocycles. The molecule has 0 bridgehead atoms. The van der Waals surface area contributed by atoms with Crippen LogP contribution in [0.5, 0.6) is 0 Å². The van der Waals surface area contributed by atoms with Crippen LogP contribution in [0.2, 0.25) is 0 Å². The predicted octanol–water partition coefficient (Wildman–Crippen LogP) is 5.21. The van der Waals surface area contributed by atoms with Crippen LogP contribution in [0.15, 0.2) is 64.8 Å². The van der Waals surface area contributed by atoms with Gasteiger partial charge in [0, 0.05) is 25.7 Å². The molecule has 0 radical (unpaired) electrons. The minimum absolute atomic E-state index is 0.0813. The Morgan fingerprint density at radius 2 is 1.74 bits per heavy atom. The Morgan fingerprint density at radius 3 is 2.38 bits per heavy atom. The lowest BCUT2D eigenvalue weighted by atomic mass is 10.0. The van der Waals surface area contributed by atoms with Crippen LogP contribution in [0.25, 0.3) is 28.0 Å². The minimum Gasteiger partial charge on any atom is -0.350 e. The van der Waals surface area contributed by atoms with Gasteiger partial charge in [0.2, 0.25) is 5.91 Å². The van der Waals surface area contributed by atoms with E-state index in [2.05, 4.69) is 16.5 Å². The maximum atomic E-state index is 16.0. The number of amides is 1. The highest BCUT2D eigenvalue weighted by Gasteiger charge is 2.40. The average Bonchev–Trinajstić information content (AvgIpc) is 3.87. The molecule has 2 fully saturated rings. The summed E-state index contributed by atoms with van der Waals surface area (Å²) < 4.78 is 101. The molecule has 6 rings (SSSR count). The number of carbonyl (C=O) groups is 1. The summed E-state index contributed by atoms with van der Waals surface area (Å²) in [6.07, 6.45) is -3.13. The maximum absolute atomic E-state index is 16.0. The van der Waals surface area contributed by atoms with Crippen LogP contribution in [-0.2, 0) is 20.8 Å². The second kappa shape index (κ2) is 11.5. The molecular formula is C32H28F5N5O4S. The lowest BCUT2D eigenvalue weighted by molar-refractivity contribution is -0.137. The maximum Gasteiger partial charge on any atom is 0.417 e. The normalized spacial score (nSPS) is 17.3. The molecule has 1 amide bonds. The van der Waals surface area contributed by atoms with Gasteiger partial charge in [0.15, 0.2) is 21.3 Å². The summed E-state index contributed by atoms with van der Waals surface area (Å²) in [7, 11) is -3.97.